The van der Waals surface area contributed by atoms with Crippen LogP contribution in [0.3, 0.4) is 0 Å². The average Bonchev–Trinajstić information content (AvgIpc) is 2.25. The summed E-state index contributed by atoms with van der Waals surface area (Å²) < 4.78 is 16.0. The molecule has 0 aliphatic rings. The van der Waals surface area contributed by atoms with Crippen molar-refractivity contribution in [2.45, 2.75) is 19.9 Å². The second kappa shape index (κ2) is 6.95. The Morgan fingerprint density at radius 1 is 1.07 bits per heavy atom. The smallest absolute Gasteiger partial charge is 0.377 e. The molecule has 0 rings (SSSR count). The molecule has 0 fully saturated rings. The van der Waals surface area contributed by atoms with Crippen molar-refractivity contribution in [2.75, 3.05) is 21.3 Å². The molecule has 0 aromatic heterocycles. The van der Waals surface area contributed by atoms with E-state index in [1.807, 2.05) is 32.1 Å². The lowest BCUT2D eigenvalue weighted by molar-refractivity contribution is 0.126. The third-order valence-electron chi connectivity index (χ3n) is 2.11. The molecule has 0 saturated heterocycles. The molecule has 82 valence electrons. The zero-order chi connectivity index (χ0) is 11.0. The molecule has 3 nitrogen and oxygen atoms in total. The third kappa shape index (κ3) is 3.75. The normalized spacial score (nSPS) is 13.9. The van der Waals surface area contributed by atoms with Gasteiger partial charge in [0.25, 0.3) is 0 Å². The molecule has 0 radical (unpaired) electrons. The predicted octanol–water partition coefficient (Wildman–Crippen LogP) is 2.39. The number of allylic oxidation sites excluding steroid dienone is 4. The van der Waals surface area contributed by atoms with E-state index in [4.69, 9.17) is 13.3 Å². The van der Waals surface area contributed by atoms with Crippen molar-refractivity contribution in [1.29, 1.82) is 0 Å². The van der Waals surface area contributed by atoms with Crippen LogP contribution in [0.15, 0.2) is 23.8 Å². The van der Waals surface area contributed by atoms with Crippen LogP contribution in [0.1, 0.15) is 13.8 Å². The Balaban J connectivity index is 4.57. The van der Waals surface area contributed by atoms with Crippen LogP contribution in [-0.2, 0) is 13.3 Å². The topological polar surface area (TPSA) is 27.7 Å². The summed E-state index contributed by atoms with van der Waals surface area (Å²) in [5.41, 5.74) is 1.17. The van der Waals surface area contributed by atoms with E-state index in [1.54, 1.807) is 21.3 Å². The Morgan fingerprint density at radius 2 is 1.57 bits per heavy atom. The first-order valence-corrected chi connectivity index (χ1v) is 6.54. The maximum Gasteiger partial charge on any atom is 0.504 e. The van der Waals surface area contributed by atoms with Gasteiger partial charge in [0.1, 0.15) is 0 Å². The van der Waals surface area contributed by atoms with Gasteiger partial charge in [-0.15, -0.1) is 0 Å². The second-order valence-electron chi connectivity index (χ2n) is 2.84. The molecule has 0 amide bonds. The highest BCUT2D eigenvalue weighted by Gasteiger charge is 2.38. The van der Waals surface area contributed by atoms with Crippen LogP contribution in [-0.4, -0.2) is 30.1 Å². The SMILES string of the molecule is CC=CC(=CC)C[Si](OC)(OC)OC. The maximum absolute atomic E-state index is 5.33. The van der Waals surface area contributed by atoms with Gasteiger partial charge in [0.2, 0.25) is 0 Å². The molecular weight excluding hydrogens is 196 g/mol. The van der Waals surface area contributed by atoms with Gasteiger partial charge < -0.3 is 13.3 Å². The second-order valence-corrected chi connectivity index (χ2v) is 5.78. The van der Waals surface area contributed by atoms with E-state index in [0.717, 1.165) is 0 Å². The van der Waals surface area contributed by atoms with Gasteiger partial charge in [0, 0.05) is 27.4 Å². The molecule has 14 heavy (non-hydrogen) atoms. The number of rotatable bonds is 6. The lowest BCUT2D eigenvalue weighted by Gasteiger charge is -2.24. The Bertz CT molecular complexity index is 199. The van der Waals surface area contributed by atoms with Crippen molar-refractivity contribution >= 4 is 8.80 Å². The predicted molar refractivity (Wildman–Crippen MR) is 60.2 cm³/mol. The van der Waals surface area contributed by atoms with Gasteiger partial charge in [0.05, 0.1) is 0 Å². The van der Waals surface area contributed by atoms with Crippen LogP contribution in [0, 0.1) is 0 Å². The third-order valence-corrected chi connectivity index (χ3v) is 4.81. The molecule has 0 atom stereocenters. The van der Waals surface area contributed by atoms with Crippen LogP contribution in [0.4, 0.5) is 0 Å². The molecule has 0 aliphatic carbocycles. The van der Waals surface area contributed by atoms with Crippen LogP contribution < -0.4 is 0 Å². The highest BCUT2D eigenvalue weighted by atomic mass is 28.4. The molecule has 0 bridgehead atoms. The summed E-state index contributed by atoms with van der Waals surface area (Å²) in [7, 11) is 2.42. The Kier molecular flexibility index (Phi) is 6.74. The Morgan fingerprint density at radius 3 is 1.86 bits per heavy atom. The van der Waals surface area contributed by atoms with Crippen LogP contribution in [0.2, 0.25) is 6.04 Å². The van der Waals surface area contributed by atoms with Crippen molar-refractivity contribution in [1.82, 2.24) is 0 Å². The highest BCUT2D eigenvalue weighted by molar-refractivity contribution is 6.61. The first-order chi connectivity index (χ1) is 6.67. The van der Waals surface area contributed by atoms with Crippen LogP contribution >= 0.6 is 0 Å². The molecule has 0 aliphatic heterocycles. The fourth-order valence-electron chi connectivity index (χ4n) is 1.19. The van der Waals surface area contributed by atoms with E-state index in [-0.39, 0.29) is 0 Å². The molecular formula is C10H20O3Si. The minimum Gasteiger partial charge on any atom is -0.377 e. The zero-order valence-corrected chi connectivity index (χ0v) is 10.7. The summed E-state index contributed by atoms with van der Waals surface area (Å²) in [4.78, 5) is 0. The van der Waals surface area contributed by atoms with Gasteiger partial charge in [-0.25, -0.2) is 0 Å². The lowest BCUT2D eigenvalue weighted by Crippen LogP contribution is -2.42. The fraction of sp³-hybridized carbons (Fsp3) is 0.600. The molecule has 0 unspecified atom stereocenters. The largest absolute Gasteiger partial charge is 0.504 e. The monoisotopic (exact) mass is 216 g/mol. The minimum atomic E-state index is -2.46. The molecule has 0 heterocycles. The van der Waals surface area contributed by atoms with Gasteiger partial charge in [-0.05, 0) is 19.4 Å². The van der Waals surface area contributed by atoms with Gasteiger partial charge in [-0.1, -0.05) is 18.2 Å². The standard InChI is InChI=1S/C10H20O3Si/c1-6-8-10(7-2)9-14(11-3,12-4)13-5/h6-8H,9H2,1-5H3. The summed E-state index contributed by atoms with van der Waals surface area (Å²) in [5.74, 6) is 0. The van der Waals surface area contributed by atoms with E-state index in [9.17, 15) is 0 Å². The molecule has 4 heteroatoms. The van der Waals surface area contributed by atoms with Crippen molar-refractivity contribution < 1.29 is 13.3 Å². The van der Waals surface area contributed by atoms with Gasteiger partial charge in [-0.3, -0.25) is 0 Å². The van der Waals surface area contributed by atoms with Gasteiger partial charge in [0.15, 0.2) is 0 Å². The van der Waals surface area contributed by atoms with Crippen LogP contribution in [0.5, 0.6) is 0 Å². The Labute approximate surface area is 87.7 Å². The first-order valence-electron chi connectivity index (χ1n) is 4.61. The molecule has 0 aromatic rings. The molecule has 0 saturated carbocycles. The average molecular weight is 216 g/mol. The molecule has 0 N–H and O–H groups in total. The van der Waals surface area contributed by atoms with E-state index < -0.39 is 8.80 Å². The van der Waals surface area contributed by atoms with Gasteiger partial charge >= 0.3 is 8.80 Å². The number of hydrogen-bond donors (Lipinski definition) is 0. The highest BCUT2D eigenvalue weighted by Crippen LogP contribution is 2.19. The lowest BCUT2D eigenvalue weighted by atomic mass is 10.3. The molecule has 0 aromatic carbocycles. The van der Waals surface area contributed by atoms with E-state index in [1.165, 1.54) is 5.57 Å². The summed E-state index contributed by atoms with van der Waals surface area (Å²) in [6, 6.07) is 0.706. The number of hydrogen-bond acceptors (Lipinski definition) is 3. The van der Waals surface area contributed by atoms with Crippen molar-refractivity contribution in [3.63, 3.8) is 0 Å². The van der Waals surface area contributed by atoms with E-state index >= 15 is 0 Å². The summed E-state index contributed by atoms with van der Waals surface area (Å²) >= 11 is 0. The Hall–Kier alpha value is -0.423. The van der Waals surface area contributed by atoms with E-state index in [2.05, 4.69) is 0 Å². The maximum atomic E-state index is 5.33. The summed E-state index contributed by atoms with van der Waals surface area (Å²) in [6.45, 7) is 3.98. The van der Waals surface area contributed by atoms with Crippen molar-refractivity contribution in [3.8, 4) is 0 Å². The van der Waals surface area contributed by atoms with Crippen LogP contribution in [0.25, 0.3) is 0 Å². The molecule has 0 spiro atoms. The quantitative estimate of drug-likeness (QED) is 0.504. The van der Waals surface area contributed by atoms with Crippen molar-refractivity contribution in [2.24, 2.45) is 0 Å². The summed E-state index contributed by atoms with van der Waals surface area (Å²) in [6.07, 6.45) is 6.08. The summed E-state index contributed by atoms with van der Waals surface area (Å²) in [5, 5.41) is 0. The van der Waals surface area contributed by atoms with Gasteiger partial charge in [-0.2, -0.15) is 0 Å². The first kappa shape index (κ1) is 13.6. The van der Waals surface area contributed by atoms with E-state index in [0.29, 0.717) is 6.04 Å². The zero-order valence-electron chi connectivity index (χ0n) is 9.66. The minimum absolute atomic E-state index is 0.706. The van der Waals surface area contributed by atoms with Crippen molar-refractivity contribution in [3.05, 3.63) is 23.8 Å². The fourth-order valence-corrected chi connectivity index (χ4v) is 2.94.